The molecule has 1 aromatic heterocycles. The molecule has 1 N–H and O–H groups in total. The average Bonchev–Trinajstić information content (AvgIpc) is 2.76. The van der Waals surface area contributed by atoms with E-state index in [0.29, 0.717) is 11.7 Å². The van der Waals surface area contributed by atoms with Gasteiger partial charge in [-0.1, -0.05) is 16.8 Å². The van der Waals surface area contributed by atoms with E-state index in [1.54, 1.807) is 6.92 Å². The zero-order chi connectivity index (χ0) is 14.0. The summed E-state index contributed by atoms with van der Waals surface area (Å²) in [5.41, 5.74) is -0.332. The number of nitro benzene ring substituents is 1. The van der Waals surface area contributed by atoms with Crippen LogP contribution in [0.3, 0.4) is 0 Å². The summed E-state index contributed by atoms with van der Waals surface area (Å²) < 4.78 is 17.9. The van der Waals surface area contributed by atoms with Crippen molar-refractivity contribution in [3.05, 3.63) is 44.8 Å². The van der Waals surface area contributed by atoms with Gasteiger partial charge < -0.3 is 9.84 Å². The highest BCUT2D eigenvalue weighted by Gasteiger charge is 2.18. The maximum atomic E-state index is 13.2. The Hall–Kier alpha value is -2.22. The molecule has 100 valence electrons. The lowest BCUT2D eigenvalue weighted by Gasteiger charge is -2.05. The summed E-state index contributed by atoms with van der Waals surface area (Å²) in [6.07, 6.45) is 0. The van der Waals surface area contributed by atoms with Crippen molar-refractivity contribution >= 4 is 23.0 Å². The molecule has 0 aliphatic rings. The highest BCUT2D eigenvalue weighted by Crippen LogP contribution is 2.30. The number of nitrogens with one attached hydrogen (secondary N) is 1. The van der Waals surface area contributed by atoms with E-state index in [4.69, 9.17) is 16.1 Å². The Morgan fingerprint density at radius 2 is 2.32 bits per heavy atom. The summed E-state index contributed by atoms with van der Waals surface area (Å²) in [4.78, 5) is 14.0. The van der Waals surface area contributed by atoms with Crippen molar-refractivity contribution in [2.24, 2.45) is 0 Å². The van der Waals surface area contributed by atoms with Crippen LogP contribution in [0.1, 0.15) is 11.7 Å². The van der Waals surface area contributed by atoms with E-state index in [2.05, 4.69) is 15.5 Å². The Balaban J connectivity index is 2.23. The molecule has 0 fully saturated rings. The van der Waals surface area contributed by atoms with Crippen LogP contribution in [0.4, 0.5) is 15.8 Å². The zero-order valence-corrected chi connectivity index (χ0v) is 10.4. The van der Waals surface area contributed by atoms with Gasteiger partial charge in [-0.3, -0.25) is 10.1 Å². The summed E-state index contributed by atoms with van der Waals surface area (Å²) in [6.45, 7) is 1.72. The second-order valence-corrected chi connectivity index (χ2v) is 4.03. The van der Waals surface area contributed by atoms with Crippen molar-refractivity contribution in [2.75, 3.05) is 5.32 Å². The van der Waals surface area contributed by atoms with Crippen LogP contribution in [0.5, 0.6) is 0 Å². The standard InChI is InChI=1S/C10H8ClFN4O3/c1-5-14-10(15-19-5)4-13-8-2-6(11)7(12)3-9(8)16(17)18/h2-3,13H,4H2,1H3. The fourth-order valence-corrected chi connectivity index (χ4v) is 1.58. The molecule has 9 heteroatoms. The Labute approximate surface area is 111 Å². The number of benzene rings is 1. The number of nitrogens with zero attached hydrogens (tertiary/aromatic N) is 3. The van der Waals surface area contributed by atoms with E-state index in [1.165, 1.54) is 0 Å². The van der Waals surface area contributed by atoms with Crippen molar-refractivity contribution in [1.82, 2.24) is 10.1 Å². The third kappa shape index (κ3) is 2.97. The van der Waals surface area contributed by atoms with Gasteiger partial charge in [0.25, 0.3) is 5.69 Å². The van der Waals surface area contributed by atoms with E-state index in [0.717, 1.165) is 12.1 Å². The molecule has 2 rings (SSSR count). The first kappa shape index (κ1) is 13.2. The topological polar surface area (TPSA) is 94.1 Å². The maximum absolute atomic E-state index is 13.2. The summed E-state index contributed by atoms with van der Waals surface area (Å²) in [5, 5.41) is 16.9. The van der Waals surface area contributed by atoms with Gasteiger partial charge in [-0.2, -0.15) is 4.98 Å². The largest absolute Gasteiger partial charge is 0.372 e. The number of hydrogen-bond donors (Lipinski definition) is 1. The molecule has 0 spiro atoms. The molecule has 19 heavy (non-hydrogen) atoms. The number of anilines is 1. The minimum atomic E-state index is -0.852. The fraction of sp³-hybridized carbons (Fsp3) is 0.200. The van der Waals surface area contributed by atoms with Crippen LogP contribution in [-0.4, -0.2) is 15.1 Å². The van der Waals surface area contributed by atoms with E-state index in [9.17, 15) is 14.5 Å². The highest BCUT2D eigenvalue weighted by atomic mass is 35.5. The predicted molar refractivity (Wildman–Crippen MR) is 64.4 cm³/mol. The Kier molecular flexibility index (Phi) is 3.61. The molecular weight excluding hydrogens is 279 g/mol. The summed E-state index contributed by atoms with van der Waals surface area (Å²) in [6, 6.07) is 1.90. The molecule has 0 aliphatic heterocycles. The van der Waals surface area contributed by atoms with Crippen molar-refractivity contribution in [2.45, 2.75) is 13.5 Å². The van der Waals surface area contributed by atoms with Gasteiger partial charge in [0, 0.05) is 6.92 Å². The highest BCUT2D eigenvalue weighted by molar-refractivity contribution is 6.31. The van der Waals surface area contributed by atoms with E-state index >= 15 is 0 Å². The minimum Gasteiger partial charge on any atom is -0.372 e. The second-order valence-electron chi connectivity index (χ2n) is 3.62. The summed E-state index contributed by atoms with van der Waals surface area (Å²) in [7, 11) is 0. The van der Waals surface area contributed by atoms with Gasteiger partial charge >= 0.3 is 0 Å². The fourth-order valence-electron chi connectivity index (χ4n) is 1.42. The Morgan fingerprint density at radius 1 is 1.58 bits per heavy atom. The van der Waals surface area contributed by atoms with E-state index in [-0.39, 0.29) is 17.3 Å². The molecule has 0 radical (unpaired) electrons. The van der Waals surface area contributed by atoms with Gasteiger partial charge in [-0.05, 0) is 6.07 Å². The molecule has 0 bridgehead atoms. The normalized spacial score (nSPS) is 10.5. The van der Waals surface area contributed by atoms with Crippen LogP contribution in [0.25, 0.3) is 0 Å². The number of hydrogen-bond acceptors (Lipinski definition) is 6. The van der Waals surface area contributed by atoms with Crippen molar-refractivity contribution in [3.8, 4) is 0 Å². The zero-order valence-electron chi connectivity index (χ0n) is 9.68. The quantitative estimate of drug-likeness (QED) is 0.686. The lowest BCUT2D eigenvalue weighted by molar-refractivity contribution is -0.384. The lowest BCUT2D eigenvalue weighted by atomic mass is 10.2. The van der Waals surface area contributed by atoms with Gasteiger partial charge in [-0.25, -0.2) is 4.39 Å². The molecule has 2 aromatic rings. The second kappa shape index (κ2) is 5.19. The molecule has 0 atom stereocenters. The molecule has 7 nitrogen and oxygen atoms in total. The number of rotatable bonds is 4. The van der Waals surface area contributed by atoms with E-state index in [1.807, 2.05) is 0 Å². The maximum Gasteiger partial charge on any atom is 0.295 e. The lowest BCUT2D eigenvalue weighted by Crippen LogP contribution is -2.04. The minimum absolute atomic E-state index is 0.0823. The Bertz CT molecular complexity index is 631. The third-order valence-electron chi connectivity index (χ3n) is 2.24. The average molecular weight is 287 g/mol. The van der Waals surface area contributed by atoms with Gasteiger partial charge in [0.2, 0.25) is 5.89 Å². The van der Waals surface area contributed by atoms with Crippen LogP contribution in [0.2, 0.25) is 5.02 Å². The third-order valence-corrected chi connectivity index (χ3v) is 2.53. The summed E-state index contributed by atoms with van der Waals surface area (Å²) in [5.74, 6) is -0.148. The Morgan fingerprint density at radius 3 is 2.89 bits per heavy atom. The van der Waals surface area contributed by atoms with Crippen molar-refractivity contribution in [3.63, 3.8) is 0 Å². The molecule has 1 aromatic carbocycles. The van der Waals surface area contributed by atoms with Crippen LogP contribution in [-0.2, 0) is 6.54 Å². The van der Waals surface area contributed by atoms with Gasteiger partial charge in [-0.15, -0.1) is 0 Å². The van der Waals surface area contributed by atoms with Crippen LogP contribution in [0.15, 0.2) is 16.7 Å². The summed E-state index contributed by atoms with van der Waals surface area (Å²) >= 11 is 5.59. The molecule has 0 aliphatic carbocycles. The molecule has 0 unspecified atom stereocenters. The number of nitro groups is 1. The first-order valence-corrected chi connectivity index (χ1v) is 5.51. The molecule has 0 amide bonds. The van der Waals surface area contributed by atoms with Crippen molar-refractivity contribution < 1.29 is 13.8 Å². The molecule has 0 saturated carbocycles. The number of aryl methyl sites for hydroxylation is 1. The van der Waals surface area contributed by atoms with E-state index < -0.39 is 16.4 Å². The van der Waals surface area contributed by atoms with Gasteiger partial charge in [0.15, 0.2) is 5.82 Å². The van der Waals surface area contributed by atoms with Crippen LogP contribution in [0, 0.1) is 22.9 Å². The van der Waals surface area contributed by atoms with Crippen molar-refractivity contribution in [1.29, 1.82) is 0 Å². The van der Waals surface area contributed by atoms with Crippen LogP contribution < -0.4 is 5.32 Å². The van der Waals surface area contributed by atoms with Crippen LogP contribution >= 0.6 is 11.6 Å². The molecule has 1 heterocycles. The monoisotopic (exact) mass is 286 g/mol. The van der Waals surface area contributed by atoms with Gasteiger partial charge in [0.1, 0.15) is 11.5 Å². The first-order valence-electron chi connectivity index (χ1n) is 5.14. The first-order chi connectivity index (χ1) is 8.97. The predicted octanol–water partition coefficient (Wildman–Crippen LogP) is 2.69. The SMILES string of the molecule is Cc1nc(CNc2cc(Cl)c(F)cc2[N+](=O)[O-])no1. The number of halogens is 2. The smallest absolute Gasteiger partial charge is 0.295 e. The molecule has 0 saturated heterocycles. The van der Waals surface area contributed by atoms with Gasteiger partial charge in [0.05, 0.1) is 22.6 Å². The number of aromatic nitrogens is 2. The molecular formula is C10H8ClFN4O3.